The molecule has 0 saturated heterocycles. The largest absolute Gasteiger partial charge is 0.345 e. The van der Waals surface area contributed by atoms with Gasteiger partial charge in [-0.3, -0.25) is 4.79 Å². The van der Waals surface area contributed by atoms with Crippen molar-refractivity contribution in [1.82, 2.24) is 24.8 Å². The van der Waals surface area contributed by atoms with Crippen LogP contribution in [0, 0.1) is 13.8 Å². The number of rotatable bonds is 6. The summed E-state index contributed by atoms with van der Waals surface area (Å²) in [5, 5.41) is 12.8. The van der Waals surface area contributed by atoms with Crippen LogP contribution in [0.5, 0.6) is 0 Å². The topological polar surface area (TPSA) is 65.6 Å². The van der Waals surface area contributed by atoms with Crippen molar-refractivity contribution in [3.05, 3.63) is 65.0 Å². The van der Waals surface area contributed by atoms with E-state index in [1.807, 2.05) is 48.8 Å². The van der Waals surface area contributed by atoms with Crippen molar-refractivity contribution in [1.29, 1.82) is 0 Å². The molecule has 0 aliphatic rings. The van der Waals surface area contributed by atoms with Crippen LogP contribution >= 0.6 is 11.6 Å². The standard InChI is InChI=1S/C18H18ClN5O/c1-4-9-23-12(2)10-15(13(23)3)17(25)11-24-21-18(20-22-24)14-7-5-6-8-16(14)19/h4-8,10H,1,9,11H2,2-3H3. The number of ketones is 1. The van der Waals surface area contributed by atoms with Crippen molar-refractivity contribution in [2.45, 2.75) is 26.9 Å². The number of Topliss-reactive ketones (excluding diaryl/α,β-unsaturated/α-hetero) is 1. The van der Waals surface area contributed by atoms with Crippen LogP contribution in [0.3, 0.4) is 0 Å². The molecule has 0 fully saturated rings. The number of benzene rings is 1. The Labute approximate surface area is 150 Å². The highest BCUT2D eigenvalue weighted by atomic mass is 35.5. The SMILES string of the molecule is C=CCn1c(C)cc(C(=O)Cn2nnc(-c3ccccc3Cl)n2)c1C. The summed E-state index contributed by atoms with van der Waals surface area (Å²) in [6.07, 6.45) is 1.81. The molecule has 0 radical (unpaired) electrons. The smallest absolute Gasteiger partial charge is 0.206 e. The first kappa shape index (κ1) is 17.1. The molecule has 0 aliphatic carbocycles. The first-order valence-electron chi connectivity index (χ1n) is 7.84. The first-order valence-corrected chi connectivity index (χ1v) is 8.22. The van der Waals surface area contributed by atoms with Gasteiger partial charge in [-0.05, 0) is 37.3 Å². The lowest BCUT2D eigenvalue weighted by Crippen LogP contribution is -2.14. The van der Waals surface area contributed by atoms with Crippen LogP contribution in [0.1, 0.15) is 21.7 Å². The van der Waals surface area contributed by atoms with Crippen molar-refractivity contribution in [3.63, 3.8) is 0 Å². The predicted molar refractivity (Wildman–Crippen MR) is 96.7 cm³/mol. The molecule has 0 spiro atoms. The lowest BCUT2D eigenvalue weighted by Gasteiger charge is -2.06. The molecular formula is C18H18ClN5O. The van der Waals surface area contributed by atoms with Gasteiger partial charge in [0.15, 0.2) is 5.78 Å². The molecule has 2 aromatic heterocycles. The number of hydrogen-bond donors (Lipinski definition) is 0. The van der Waals surface area contributed by atoms with E-state index in [1.54, 1.807) is 6.07 Å². The van der Waals surface area contributed by atoms with Gasteiger partial charge in [0.1, 0.15) is 6.54 Å². The average Bonchev–Trinajstić information content (AvgIpc) is 3.15. The van der Waals surface area contributed by atoms with E-state index in [9.17, 15) is 4.79 Å². The van der Waals surface area contributed by atoms with Crippen molar-refractivity contribution >= 4 is 17.4 Å². The molecule has 2 heterocycles. The van der Waals surface area contributed by atoms with Gasteiger partial charge in [0.25, 0.3) is 0 Å². The number of carbonyl (C=O) groups is 1. The van der Waals surface area contributed by atoms with Crippen LogP contribution < -0.4 is 0 Å². The number of allylic oxidation sites excluding steroid dienone is 1. The van der Waals surface area contributed by atoms with E-state index in [0.717, 1.165) is 11.4 Å². The summed E-state index contributed by atoms with van der Waals surface area (Å²) in [5.41, 5.74) is 3.28. The summed E-state index contributed by atoms with van der Waals surface area (Å²) in [4.78, 5) is 13.9. The molecule has 7 heteroatoms. The number of nitrogens with zero attached hydrogens (tertiary/aromatic N) is 5. The molecule has 0 bridgehead atoms. The molecule has 0 N–H and O–H groups in total. The normalized spacial score (nSPS) is 10.8. The molecule has 6 nitrogen and oxygen atoms in total. The Morgan fingerprint density at radius 2 is 2.08 bits per heavy atom. The zero-order valence-corrected chi connectivity index (χ0v) is 14.9. The Balaban J connectivity index is 1.82. The van der Waals surface area contributed by atoms with Gasteiger partial charge in [-0.2, -0.15) is 4.80 Å². The highest BCUT2D eigenvalue weighted by Crippen LogP contribution is 2.23. The molecule has 1 aromatic carbocycles. The van der Waals surface area contributed by atoms with Crippen molar-refractivity contribution in [2.24, 2.45) is 0 Å². The summed E-state index contributed by atoms with van der Waals surface area (Å²) in [6, 6.07) is 9.14. The lowest BCUT2D eigenvalue weighted by molar-refractivity contribution is 0.0960. The van der Waals surface area contributed by atoms with E-state index in [4.69, 9.17) is 11.6 Å². The summed E-state index contributed by atoms with van der Waals surface area (Å²) >= 11 is 6.15. The van der Waals surface area contributed by atoms with Gasteiger partial charge in [-0.1, -0.05) is 29.8 Å². The third kappa shape index (κ3) is 3.39. The first-order chi connectivity index (χ1) is 12.0. The quantitative estimate of drug-likeness (QED) is 0.501. The molecule has 0 atom stereocenters. The second kappa shape index (κ2) is 7.03. The van der Waals surface area contributed by atoms with E-state index in [-0.39, 0.29) is 12.3 Å². The lowest BCUT2D eigenvalue weighted by atomic mass is 10.1. The van der Waals surface area contributed by atoms with Gasteiger partial charge in [-0.25, -0.2) is 0 Å². The van der Waals surface area contributed by atoms with Crippen molar-refractivity contribution in [3.8, 4) is 11.4 Å². The molecular weight excluding hydrogens is 338 g/mol. The third-order valence-electron chi connectivity index (χ3n) is 4.04. The van der Waals surface area contributed by atoms with Crippen LogP contribution in [0.4, 0.5) is 0 Å². The fraction of sp³-hybridized carbons (Fsp3) is 0.222. The van der Waals surface area contributed by atoms with Crippen molar-refractivity contribution < 1.29 is 4.79 Å². The average molecular weight is 356 g/mol. The molecule has 25 heavy (non-hydrogen) atoms. The zero-order chi connectivity index (χ0) is 18.0. The van der Waals surface area contributed by atoms with Crippen LogP contribution in [-0.2, 0) is 13.1 Å². The maximum atomic E-state index is 12.6. The number of halogens is 1. The minimum absolute atomic E-state index is 0.0236. The second-order valence-corrected chi connectivity index (χ2v) is 6.14. The highest BCUT2D eigenvalue weighted by molar-refractivity contribution is 6.33. The number of aromatic nitrogens is 5. The highest BCUT2D eigenvalue weighted by Gasteiger charge is 2.17. The molecule has 0 unspecified atom stereocenters. The van der Waals surface area contributed by atoms with Crippen LogP contribution in [-0.4, -0.2) is 30.6 Å². The van der Waals surface area contributed by atoms with Gasteiger partial charge in [0.05, 0.1) is 5.02 Å². The summed E-state index contributed by atoms with van der Waals surface area (Å²) in [6.45, 7) is 8.34. The summed E-state index contributed by atoms with van der Waals surface area (Å²) < 4.78 is 2.05. The molecule has 0 amide bonds. The molecule has 0 saturated carbocycles. The Kier molecular flexibility index (Phi) is 4.81. The van der Waals surface area contributed by atoms with E-state index < -0.39 is 0 Å². The fourth-order valence-electron chi connectivity index (χ4n) is 2.77. The third-order valence-corrected chi connectivity index (χ3v) is 4.37. The van der Waals surface area contributed by atoms with Gasteiger partial charge >= 0.3 is 0 Å². The van der Waals surface area contributed by atoms with Gasteiger partial charge in [0, 0.05) is 29.1 Å². The number of hydrogen-bond acceptors (Lipinski definition) is 4. The molecule has 128 valence electrons. The van der Waals surface area contributed by atoms with E-state index in [2.05, 4.69) is 22.0 Å². The summed E-state index contributed by atoms with van der Waals surface area (Å²) in [7, 11) is 0. The molecule has 3 aromatic rings. The molecule has 3 rings (SSSR count). The zero-order valence-electron chi connectivity index (χ0n) is 14.1. The summed E-state index contributed by atoms with van der Waals surface area (Å²) in [5.74, 6) is 0.335. The van der Waals surface area contributed by atoms with Gasteiger partial charge in [0.2, 0.25) is 5.82 Å². The second-order valence-electron chi connectivity index (χ2n) is 5.73. The number of carbonyl (C=O) groups excluding carboxylic acids is 1. The monoisotopic (exact) mass is 355 g/mol. The van der Waals surface area contributed by atoms with Gasteiger partial charge in [-0.15, -0.1) is 16.8 Å². The Bertz CT molecular complexity index is 941. The Morgan fingerprint density at radius 1 is 1.32 bits per heavy atom. The minimum atomic E-state index is -0.0634. The molecule has 0 aliphatic heterocycles. The maximum absolute atomic E-state index is 12.6. The Hall–Kier alpha value is -2.73. The predicted octanol–water partition coefficient (Wildman–Crippen LogP) is 3.48. The maximum Gasteiger partial charge on any atom is 0.206 e. The number of tetrazole rings is 1. The van der Waals surface area contributed by atoms with Crippen LogP contribution in [0.2, 0.25) is 5.02 Å². The number of aryl methyl sites for hydroxylation is 1. The van der Waals surface area contributed by atoms with Crippen LogP contribution in [0.25, 0.3) is 11.4 Å². The fourth-order valence-corrected chi connectivity index (χ4v) is 2.99. The van der Waals surface area contributed by atoms with Crippen molar-refractivity contribution in [2.75, 3.05) is 0 Å². The minimum Gasteiger partial charge on any atom is -0.345 e. The van der Waals surface area contributed by atoms with E-state index in [1.165, 1.54) is 4.80 Å². The van der Waals surface area contributed by atoms with E-state index >= 15 is 0 Å². The van der Waals surface area contributed by atoms with Gasteiger partial charge < -0.3 is 4.57 Å². The Morgan fingerprint density at radius 3 is 2.80 bits per heavy atom. The van der Waals surface area contributed by atoms with Crippen LogP contribution in [0.15, 0.2) is 43.0 Å². The van der Waals surface area contributed by atoms with E-state index in [0.29, 0.717) is 28.5 Å².